The van der Waals surface area contributed by atoms with Crippen LogP contribution >= 0.6 is 15.9 Å². The molecule has 1 nitrogen and oxygen atoms in total. The number of halogens is 3. The number of hydrogen-bond donors (Lipinski definition) is 1. The average molecular weight is 236 g/mol. The average Bonchev–Trinajstić information content (AvgIpc) is 2.07. The van der Waals surface area contributed by atoms with Gasteiger partial charge in [0.2, 0.25) is 0 Å². The molecule has 0 heterocycles. The van der Waals surface area contributed by atoms with Crippen LogP contribution in [0.4, 0.5) is 8.78 Å². The molecule has 0 atom stereocenters. The third-order valence-electron chi connectivity index (χ3n) is 1.53. The predicted octanol–water partition coefficient (Wildman–Crippen LogP) is 2.23. The van der Waals surface area contributed by atoms with Gasteiger partial charge in [0.05, 0.1) is 4.47 Å². The third-order valence-corrected chi connectivity index (χ3v) is 2.39. The quantitative estimate of drug-likeness (QED) is 0.783. The van der Waals surface area contributed by atoms with Crippen molar-refractivity contribution in [3.05, 3.63) is 33.8 Å². The zero-order valence-electron chi connectivity index (χ0n) is 6.28. The van der Waals surface area contributed by atoms with Crippen LogP contribution in [-0.2, 0) is 6.42 Å². The van der Waals surface area contributed by atoms with Crippen molar-refractivity contribution in [1.29, 1.82) is 0 Å². The minimum atomic E-state index is -0.846. The standard InChI is InChI=1S/C8H8BrF2N/c9-7-5(3-4-12)1-2-6(10)8(7)11/h1-2H,3-4,12H2. The van der Waals surface area contributed by atoms with Gasteiger partial charge in [-0.25, -0.2) is 8.78 Å². The molecule has 0 fully saturated rings. The highest BCUT2D eigenvalue weighted by Gasteiger charge is 2.09. The van der Waals surface area contributed by atoms with E-state index in [1.54, 1.807) is 0 Å². The molecule has 0 saturated heterocycles. The summed E-state index contributed by atoms with van der Waals surface area (Å²) in [6.07, 6.45) is 0.539. The van der Waals surface area contributed by atoms with Crippen molar-refractivity contribution >= 4 is 15.9 Å². The lowest BCUT2D eigenvalue weighted by molar-refractivity contribution is 0.502. The van der Waals surface area contributed by atoms with Crippen molar-refractivity contribution in [3.63, 3.8) is 0 Å². The molecular weight excluding hydrogens is 228 g/mol. The summed E-state index contributed by atoms with van der Waals surface area (Å²) in [7, 11) is 0. The Morgan fingerprint density at radius 1 is 1.33 bits per heavy atom. The Bertz CT molecular complexity index is 289. The smallest absolute Gasteiger partial charge is 0.173 e. The monoisotopic (exact) mass is 235 g/mol. The van der Waals surface area contributed by atoms with Crippen LogP contribution in [0.1, 0.15) is 5.56 Å². The van der Waals surface area contributed by atoms with E-state index in [0.29, 0.717) is 18.5 Å². The van der Waals surface area contributed by atoms with Gasteiger partial charge in [-0.3, -0.25) is 0 Å². The van der Waals surface area contributed by atoms with Crippen LogP contribution in [0.2, 0.25) is 0 Å². The van der Waals surface area contributed by atoms with Gasteiger partial charge < -0.3 is 5.73 Å². The van der Waals surface area contributed by atoms with Crippen molar-refractivity contribution in [3.8, 4) is 0 Å². The van der Waals surface area contributed by atoms with Gasteiger partial charge in [0.25, 0.3) is 0 Å². The van der Waals surface area contributed by atoms with E-state index in [9.17, 15) is 8.78 Å². The molecule has 0 unspecified atom stereocenters. The first kappa shape index (κ1) is 9.61. The second-order valence-electron chi connectivity index (χ2n) is 2.37. The van der Waals surface area contributed by atoms with Crippen LogP contribution < -0.4 is 5.73 Å². The minimum absolute atomic E-state index is 0.174. The first-order chi connectivity index (χ1) is 5.66. The van der Waals surface area contributed by atoms with Gasteiger partial charge in [0.1, 0.15) is 0 Å². The summed E-state index contributed by atoms with van der Waals surface area (Å²) in [6, 6.07) is 2.63. The molecule has 1 rings (SSSR count). The lowest BCUT2D eigenvalue weighted by Gasteiger charge is -2.03. The Morgan fingerprint density at radius 2 is 2.00 bits per heavy atom. The molecule has 0 aliphatic rings. The van der Waals surface area contributed by atoms with Crippen LogP contribution in [0.25, 0.3) is 0 Å². The number of hydrogen-bond acceptors (Lipinski definition) is 1. The summed E-state index contributed by atoms with van der Waals surface area (Å²) in [5.41, 5.74) is 5.97. The molecule has 0 aliphatic carbocycles. The van der Waals surface area contributed by atoms with E-state index < -0.39 is 11.6 Å². The van der Waals surface area contributed by atoms with Gasteiger partial charge >= 0.3 is 0 Å². The summed E-state index contributed by atoms with van der Waals surface area (Å²) < 4.78 is 25.6. The van der Waals surface area contributed by atoms with E-state index in [-0.39, 0.29) is 4.47 Å². The molecule has 0 aromatic heterocycles. The highest BCUT2D eigenvalue weighted by molar-refractivity contribution is 9.10. The maximum absolute atomic E-state index is 12.9. The largest absolute Gasteiger partial charge is 0.330 e. The second-order valence-corrected chi connectivity index (χ2v) is 3.17. The zero-order valence-corrected chi connectivity index (χ0v) is 7.87. The van der Waals surface area contributed by atoms with Gasteiger partial charge in [-0.05, 0) is 40.5 Å². The highest BCUT2D eigenvalue weighted by atomic mass is 79.9. The van der Waals surface area contributed by atoms with Crippen molar-refractivity contribution in [2.45, 2.75) is 6.42 Å². The Morgan fingerprint density at radius 3 is 2.58 bits per heavy atom. The van der Waals surface area contributed by atoms with Crippen molar-refractivity contribution in [2.75, 3.05) is 6.54 Å². The number of nitrogens with two attached hydrogens (primary N) is 1. The molecule has 4 heteroatoms. The first-order valence-corrected chi connectivity index (χ1v) is 4.28. The summed E-state index contributed by atoms with van der Waals surface area (Å²) >= 11 is 2.96. The fourth-order valence-electron chi connectivity index (χ4n) is 0.914. The summed E-state index contributed by atoms with van der Waals surface area (Å²) in [4.78, 5) is 0. The van der Waals surface area contributed by atoms with E-state index in [1.165, 1.54) is 6.07 Å². The fourth-order valence-corrected chi connectivity index (χ4v) is 1.43. The molecule has 1 aromatic carbocycles. The van der Waals surface area contributed by atoms with Gasteiger partial charge in [0, 0.05) is 0 Å². The Labute approximate surface area is 77.7 Å². The van der Waals surface area contributed by atoms with Crippen LogP contribution in [0.15, 0.2) is 16.6 Å². The van der Waals surface area contributed by atoms with Crippen LogP contribution in [-0.4, -0.2) is 6.54 Å². The lowest BCUT2D eigenvalue weighted by Crippen LogP contribution is -2.04. The first-order valence-electron chi connectivity index (χ1n) is 3.49. The highest BCUT2D eigenvalue weighted by Crippen LogP contribution is 2.22. The molecule has 1 aromatic rings. The fraction of sp³-hybridized carbons (Fsp3) is 0.250. The summed E-state index contributed by atoms with van der Waals surface area (Å²) in [5, 5.41) is 0. The van der Waals surface area contributed by atoms with Crippen molar-refractivity contribution < 1.29 is 8.78 Å². The normalized spacial score (nSPS) is 10.3. The molecule has 12 heavy (non-hydrogen) atoms. The maximum atomic E-state index is 12.9. The molecule has 2 N–H and O–H groups in total. The van der Waals surface area contributed by atoms with Crippen LogP contribution in [0.5, 0.6) is 0 Å². The van der Waals surface area contributed by atoms with Gasteiger partial charge in [0.15, 0.2) is 11.6 Å². The molecule has 0 radical (unpaired) electrons. The molecule has 0 saturated carbocycles. The molecule has 0 bridgehead atoms. The molecule has 0 aliphatic heterocycles. The minimum Gasteiger partial charge on any atom is -0.330 e. The zero-order chi connectivity index (χ0) is 9.14. The van der Waals surface area contributed by atoms with Gasteiger partial charge in [-0.2, -0.15) is 0 Å². The number of benzene rings is 1. The Hall–Kier alpha value is -0.480. The summed E-state index contributed by atoms with van der Waals surface area (Å²) in [5.74, 6) is -1.69. The van der Waals surface area contributed by atoms with E-state index in [4.69, 9.17) is 5.73 Å². The Balaban J connectivity index is 3.08. The third kappa shape index (κ3) is 1.81. The van der Waals surface area contributed by atoms with Crippen molar-refractivity contribution in [2.24, 2.45) is 5.73 Å². The van der Waals surface area contributed by atoms with Crippen LogP contribution in [0, 0.1) is 11.6 Å². The van der Waals surface area contributed by atoms with E-state index in [2.05, 4.69) is 15.9 Å². The van der Waals surface area contributed by atoms with E-state index in [1.807, 2.05) is 0 Å². The number of rotatable bonds is 2. The van der Waals surface area contributed by atoms with E-state index in [0.717, 1.165) is 6.07 Å². The summed E-state index contributed by atoms with van der Waals surface area (Å²) in [6.45, 7) is 0.420. The lowest BCUT2D eigenvalue weighted by atomic mass is 10.1. The molecule has 66 valence electrons. The topological polar surface area (TPSA) is 26.0 Å². The SMILES string of the molecule is NCCc1ccc(F)c(F)c1Br. The van der Waals surface area contributed by atoms with E-state index >= 15 is 0 Å². The maximum Gasteiger partial charge on any atom is 0.173 e. The predicted molar refractivity (Wildman–Crippen MR) is 46.8 cm³/mol. The van der Waals surface area contributed by atoms with Crippen molar-refractivity contribution in [1.82, 2.24) is 0 Å². The second kappa shape index (κ2) is 3.96. The van der Waals surface area contributed by atoms with Gasteiger partial charge in [-0.1, -0.05) is 6.07 Å². The van der Waals surface area contributed by atoms with Crippen LogP contribution in [0.3, 0.4) is 0 Å². The molecule has 0 amide bonds. The molecular formula is C8H8BrF2N. The Kier molecular flexibility index (Phi) is 3.17. The van der Waals surface area contributed by atoms with Gasteiger partial charge in [-0.15, -0.1) is 0 Å². The molecule has 0 spiro atoms.